The lowest BCUT2D eigenvalue weighted by atomic mass is 10.2. The molecule has 1 heterocycles. The first-order valence-electron chi connectivity index (χ1n) is 7.49. The van der Waals surface area contributed by atoms with Crippen LogP contribution < -0.4 is 14.8 Å². The average molecular weight is 392 g/mol. The van der Waals surface area contributed by atoms with Gasteiger partial charge in [0.15, 0.2) is 9.84 Å². The Morgan fingerprint density at radius 3 is 2.56 bits per heavy atom. The van der Waals surface area contributed by atoms with Crippen LogP contribution in [0.2, 0.25) is 0 Å². The maximum absolute atomic E-state index is 12.7. The summed E-state index contributed by atoms with van der Waals surface area (Å²) in [6.45, 7) is 3.17. The number of amides is 1. The summed E-state index contributed by atoms with van der Waals surface area (Å²) in [5.74, 6) is -1.30. The number of sulfonamides is 1. The number of hydrogen-bond acceptors (Lipinski definition) is 7. The second-order valence-electron chi connectivity index (χ2n) is 5.65. The van der Waals surface area contributed by atoms with Crippen LogP contribution in [0.1, 0.15) is 13.8 Å². The molecule has 1 aromatic rings. The highest BCUT2D eigenvalue weighted by molar-refractivity contribution is 7.92. The third-order valence-electron chi connectivity index (χ3n) is 3.48. The van der Waals surface area contributed by atoms with Gasteiger partial charge in [0, 0.05) is 12.6 Å². The molecule has 0 bridgehead atoms. The summed E-state index contributed by atoms with van der Waals surface area (Å²) >= 11 is 0. The number of aliphatic hydroxyl groups excluding tert-OH is 1. The fourth-order valence-electron chi connectivity index (χ4n) is 2.48. The van der Waals surface area contributed by atoms with E-state index in [4.69, 9.17) is 4.74 Å². The Morgan fingerprint density at radius 2 is 2.04 bits per heavy atom. The van der Waals surface area contributed by atoms with Gasteiger partial charge in [-0.25, -0.2) is 21.6 Å². The molecule has 1 fully saturated rings. The number of carbonyl (C=O) groups excluding carboxylic acids is 1. The van der Waals surface area contributed by atoms with Crippen LogP contribution in [-0.2, 0) is 24.7 Å². The zero-order valence-electron chi connectivity index (χ0n) is 13.7. The van der Waals surface area contributed by atoms with Crippen molar-refractivity contribution in [2.45, 2.75) is 30.9 Å². The van der Waals surface area contributed by atoms with Crippen molar-refractivity contribution in [1.29, 1.82) is 0 Å². The van der Waals surface area contributed by atoms with Gasteiger partial charge >= 0.3 is 0 Å². The van der Waals surface area contributed by atoms with Crippen LogP contribution in [-0.4, -0.2) is 58.1 Å². The number of carbonyl (C=O) groups is 1. The van der Waals surface area contributed by atoms with Gasteiger partial charge in [-0.15, -0.1) is 0 Å². The van der Waals surface area contributed by atoms with E-state index in [2.05, 4.69) is 10.0 Å². The van der Waals surface area contributed by atoms with Gasteiger partial charge in [0.1, 0.15) is 10.6 Å². The third kappa shape index (κ3) is 4.91. The van der Waals surface area contributed by atoms with E-state index < -0.39 is 43.5 Å². The number of benzene rings is 1. The number of rotatable bonds is 6. The topological polar surface area (TPSA) is 139 Å². The minimum atomic E-state index is -4.19. The van der Waals surface area contributed by atoms with Gasteiger partial charge in [0.25, 0.3) is 0 Å². The van der Waals surface area contributed by atoms with E-state index in [1.165, 1.54) is 25.1 Å². The first-order valence-corrected chi connectivity index (χ1v) is 10.8. The molecule has 1 aliphatic rings. The molecule has 2 atom stereocenters. The third-order valence-corrected chi connectivity index (χ3v) is 6.71. The Labute approximate surface area is 146 Å². The van der Waals surface area contributed by atoms with Crippen molar-refractivity contribution in [3.05, 3.63) is 18.2 Å². The first-order chi connectivity index (χ1) is 11.5. The summed E-state index contributed by atoms with van der Waals surface area (Å²) in [7, 11) is -7.70. The van der Waals surface area contributed by atoms with Crippen molar-refractivity contribution in [3.8, 4) is 5.75 Å². The molecule has 0 aromatic heterocycles. The van der Waals surface area contributed by atoms with Gasteiger partial charge in [0.2, 0.25) is 15.9 Å². The van der Waals surface area contributed by atoms with E-state index in [0.29, 0.717) is 0 Å². The van der Waals surface area contributed by atoms with Crippen LogP contribution in [0.15, 0.2) is 23.1 Å². The standard InChI is InChI=1S/C14H20N2O7S2/c1-3-23-13-5-4-10(15-9(2)17)6-14(13)25(21,22)16-11-7-24(19,20)8-12(11)18/h4-6,11-12,16,18H,3,7-8H2,1-2H3,(H,15,17). The van der Waals surface area contributed by atoms with E-state index >= 15 is 0 Å². The lowest BCUT2D eigenvalue weighted by Gasteiger charge is -2.18. The number of ether oxygens (including phenoxy) is 1. The van der Waals surface area contributed by atoms with Gasteiger partial charge < -0.3 is 15.2 Å². The normalized spacial score (nSPS) is 22.5. The minimum absolute atomic E-state index is 0.0550. The summed E-state index contributed by atoms with van der Waals surface area (Å²) in [5, 5.41) is 12.3. The Morgan fingerprint density at radius 1 is 1.36 bits per heavy atom. The van der Waals surface area contributed by atoms with Gasteiger partial charge in [-0.05, 0) is 25.1 Å². The zero-order chi connectivity index (χ0) is 18.8. The van der Waals surface area contributed by atoms with Crippen molar-refractivity contribution in [2.24, 2.45) is 0 Å². The van der Waals surface area contributed by atoms with Crippen molar-refractivity contribution in [1.82, 2.24) is 4.72 Å². The maximum Gasteiger partial charge on any atom is 0.244 e. The number of sulfone groups is 1. The maximum atomic E-state index is 12.7. The summed E-state index contributed by atoms with van der Waals surface area (Å²) in [5.41, 5.74) is 0.246. The van der Waals surface area contributed by atoms with Crippen LogP contribution in [0.3, 0.4) is 0 Å². The molecule has 9 nitrogen and oxygen atoms in total. The smallest absolute Gasteiger partial charge is 0.244 e. The summed E-state index contributed by atoms with van der Waals surface area (Å²) < 4.78 is 55.9. The first kappa shape index (κ1) is 19.6. The number of hydrogen-bond donors (Lipinski definition) is 3. The van der Waals surface area contributed by atoms with Crippen LogP contribution in [0.5, 0.6) is 5.75 Å². The quantitative estimate of drug-likeness (QED) is 0.592. The lowest BCUT2D eigenvalue weighted by molar-refractivity contribution is -0.114. The van der Waals surface area contributed by atoms with E-state index in [9.17, 15) is 26.7 Å². The molecule has 1 aliphatic heterocycles. The molecule has 11 heteroatoms. The summed E-state index contributed by atoms with van der Waals surface area (Å²) in [4.78, 5) is 10.9. The number of anilines is 1. The van der Waals surface area contributed by atoms with Crippen LogP contribution in [0, 0.1) is 0 Å². The summed E-state index contributed by atoms with van der Waals surface area (Å²) in [6.07, 6.45) is -1.33. The van der Waals surface area contributed by atoms with E-state index in [1.807, 2.05) is 0 Å². The molecular weight excluding hydrogens is 372 g/mol. The zero-order valence-corrected chi connectivity index (χ0v) is 15.4. The predicted octanol–water partition coefficient (Wildman–Crippen LogP) is -0.520. The second-order valence-corrected chi connectivity index (χ2v) is 9.48. The highest BCUT2D eigenvalue weighted by Crippen LogP contribution is 2.28. The molecule has 2 unspecified atom stereocenters. The molecule has 0 saturated carbocycles. The molecule has 0 aliphatic carbocycles. The molecule has 140 valence electrons. The van der Waals surface area contributed by atoms with Gasteiger partial charge in [0.05, 0.1) is 30.3 Å². The van der Waals surface area contributed by atoms with E-state index in [-0.39, 0.29) is 28.8 Å². The number of nitrogens with one attached hydrogen (secondary N) is 2. The molecule has 1 saturated heterocycles. The van der Waals surface area contributed by atoms with Gasteiger partial charge in [-0.3, -0.25) is 4.79 Å². The fraction of sp³-hybridized carbons (Fsp3) is 0.500. The van der Waals surface area contributed by atoms with Crippen LogP contribution >= 0.6 is 0 Å². The monoisotopic (exact) mass is 392 g/mol. The van der Waals surface area contributed by atoms with Crippen LogP contribution in [0.25, 0.3) is 0 Å². The molecule has 1 aromatic carbocycles. The highest BCUT2D eigenvalue weighted by Gasteiger charge is 2.39. The Bertz CT molecular complexity index is 865. The Balaban J connectivity index is 2.37. The minimum Gasteiger partial charge on any atom is -0.492 e. The van der Waals surface area contributed by atoms with Gasteiger partial charge in [-0.1, -0.05) is 0 Å². The Hall–Kier alpha value is -1.69. The van der Waals surface area contributed by atoms with E-state index in [0.717, 1.165) is 0 Å². The predicted molar refractivity (Wildman–Crippen MR) is 90.7 cm³/mol. The van der Waals surface area contributed by atoms with Crippen LogP contribution in [0.4, 0.5) is 5.69 Å². The SMILES string of the molecule is CCOc1ccc(NC(C)=O)cc1S(=O)(=O)NC1CS(=O)(=O)CC1O. The molecule has 25 heavy (non-hydrogen) atoms. The largest absolute Gasteiger partial charge is 0.492 e. The van der Waals surface area contributed by atoms with Crippen molar-refractivity contribution in [3.63, 3.8) is 0 Å². The fourth-order valence-corrected chi connectivity index (χ4v) is 5.76. The second kappa shape index (κ2) is 7.28. The number of aliphatic hydroxyl groups is 1. The lowest BCUT2D eigenvalue weighted by Crippen LogP contribution is -2.42. The van der Waals surface area contributed by atoms with Gasteiger partial charge in [-0.2, -0.15) is 0 Å². The average Bonchev–Trinajstić information content (AvgIpc) is 2.71. The Kier molecular flexibility index (Phi) is 5.72. The molecular formula is C14H20N2O7S2. The van der Waals surface area contributed by atoms with Crippen molar-refractivity contribution < 1.29 is 31.5 Å². The van der Waals surface area contributed by atoms with E-state index in [1.54, 1.807) is 6.92 Å². The molecule has 1 amide bonds. The molecule has 2 rings (SSSR count). The summed E-state index contributed by atoms with van der Waals surface area (Å²) in [6, 6.07) is 2.95. The van der Waals surface area contributed by atoms with Crippen molar-refractivity contribution in [2.75, 3.05) is 23.4 Å². The van der Waals surface area contributed by atoms with Crippen molar-refractivity contribution >= 4 is 31.5 Å². The molecule has 0 spiro atoms. The highest BCUT2D eigenvalue weighted by atomic mass is 32.2. The molecule has 3 N–H and O–H groups in total. The molecule has 0 radical (unpaired) electrons.